The topological polar surface area (TPSA) is 56.9 Å². The van der Waals surface area contributed by atoms with E-state index in [1.54, 1.807) is 0 Å². The monoisotopic (exact) mass is 347 g/mol. The van der Waals surface area contributed by atoms with Crippen molar-refractivity contribution in [2.75, 3.05) is 39.8 Å². The number of aromatic nitrogens is 1. The zero-order valence-electron chi connectivity index (χ0n) is 16.2. The van der Waals surface area contributed by atoms with Crippen molar-refractivity contribution < 1.29 is 4.42 Å². The van der Waals surface area contributed by atoms with Gasteiger partial charge in [-0.05, 0) is 38.3 Å². The van der Waals surface area contributed by atoms with Crippen LogP contribution >= 0.6 is 0 Å². The SMILES string of the molecule is CN=C(NCc1ncc(C(C)(C)C)o1)N1CCC(CN2CCCC2)C1. The van der Waals surface area contributed by atoms with E-state index in [0.29, 0.717) is 6.54 Å². The molecule has 6 heteroatoms. The molecule has 2 aliphatic heterocycles. The van der Waals surface area contributed by atoms with Gasteiger partial charge in [0.05, 0.1) is 12.7 Å². The molecule has 2 saturated heterocycles. The number of hydrogen-bond acceptors (Lipinski definition) is 4. The molecule has 0 amide bonds. The van der Waals surface area contributed by atoms with Crippen molar-refractivity contribution in [2.24, 2.45) is 10.9 Å². The molecule has 2 aliphatic rings. The number of nitrogens with one attached hydrogen (secondary N) is 1. The molecule has 0 bridgehead atoms. The summed E-state index contributed by atoms with van der Waals surface area (Å²) < 4.78 is 5.86. The molecule has 1 N–H and O–H groups in total. The smallest absolute Gasteiger partial charge is 0.213 e. The van der Waals surface area contributed by atoms with Crippen LogP contribution in [-0.2, 0) is 12.0 Å². The van der Waals surface area contributed by atoms with E-state index in [0.717, 1.165) is 36.6 Å². The van der Waals surface area contributed by atoms with Gasteiger partial charge in [0, 0.05) is 32.1 Å². The van der Waals surface area contributed by atoms with Gasteiger partial charge in [-0.2, -0.15) is 0 Å². The first-order valence-electron chi connectivity index (χ1n) is 9.59. The number of likely N-dealkylation sites (tertiary alicyclic amines) is 2. The Bertz CT molecular complexity index is 583. The van der Waals surface area contributed by atoms with Crippen molar-refractivity contribution in [2.45, 2.75) is 52.0 Å². The predicted molar refractivity (Wildman–Crippen MR) is 101 cm³/mol. The van der Waals surface area contributed by atoms with E-state index in [-0.39, 0.29) is 5.41 Å². The molecule has 1 aromatic rings. The third-order valence-electron chi connectivity index (χ3n) is 5.20. The second kappa shape index (κ2) is 7.77. The Morgan fingerprint density at radius 1 is 1.32 bits per heavy atom. The highest BCUT2D eigenvalue weighted by Crippen LogP contribution is 2.23. The maximum absolute atomic E-state index is 5.86. The highest BCUT2D eigenvalue weighted by Gasteiger charge is 2.27. The number of oxazole rings is 1. The molecule has 0 aliphatic carbocycles. The van der Waals surface area contributed by atoms with Crippen molar-refractivity contribution >= 4 is 5.96 Å². The molecule has 3 heterocycles. The molecule has 1 aromatic heterocycles. The summed E-state index contributed by atoms with van der Waals surface area (Å²) in [7, 11) is 1.85. The van der Waals surface area contributed by atoms with Crippen LogP contribution in [0.1, 0.15) is 51.7 Å². The van der Waals surface area contributed by atoms with Crippen LogP contribution in [0.5, 0.6) is 0 Å². The summed E-state index contributed by atoms with van der Waals surface area (Å²) in [6.45, 7) is 13.0. The molecule has 6 nitrogen and oxygen atoms in total. The third kappa shape index (κ3) is 4.75. The molecular weight excluding hydrogens is 314 g/mol. The number of rotatable bonds is 4. The van der Waals surface area contributed by atoms with Gasteiger partial charge in [-0.1, -0.05) is 20.8 Å². The van der Waals surface area contributed by atoms with E-state index >= 15 is 0 Å². The lowest BCUT2D eigenvalue weighted by molar-refractivity contribution is 0.281. The minimum atomic E-state index is -0.00925. The van der Waals surface area contributed by atoms with Crippen molar-refractivity contribution in [3.63, 3.8) is 0 Å². The summed E-state index contributed by atoms with van der Waals surface area (Å²) in [6.07, 6.45) is 5.82. The van der Waals surface area contributed by atoms with Crippen molar-refractivity contribution in [3.8, 4) is 0 Å². The van der Waals surface area contributed by atoms with Crippen molar-refractivity contribution in [3.05, 3.63) is 17.8 Å². The van der Waals surface area contributed by atoms with Crippen LogP contribution in [0.15, 0.2) is 15.6 Å². The van der Waals surface area contributed by atoms with Gasteiger partial charge < -0.3 is 19.5 Å². The second-order valence-corrected chi connectivity index (χ2v) is 8.38. The molecule has 1 atom stereocenters. The van der Waals surface area contributed by atoms with Crippen molar-refractivity contribution in [1.82, 2.24) is 20.1 Å². The minimum Gasteiger partial charge on any atom is -0.443 e. The van der Waals surface area contributed by atoms with Gasteiger partial charge in [0.1, 0.15) is 5.76 Å². The van der Waals surface area contributed by atoms with Crippen LogP contribution in [0.4, 0.5) is 0 Å². The summed E-state index contributed by atoms with van der Waals surface area (Å²) in [4.78, 5) is 13.8. The fourth-order valence-corrected chi connectivity index (χ4v) is 3.73. The fraction of sp³-hybridized carbons (Fsp3) is 0.789. The van der Waals surface area contributed by atoms with Gasteiger partial charge in [0.15, 0.2) is 5.96 Å². The largest absolute Gasteiger partial charge is 0.443 e. The molecule has 1 unspecified atom stereocenters. The van der Waals surface area contributed by atoms with Crippen LogP contribution in [0.2, 0.25) is 0 Å². The van der Waals surface area contributed by atoms with Crippen LogP contribution in [-0.4, -0.2) is 60.5 Å². The molecule has 3 rings (SSSR count). The van der Waals surface area contributed by atoms with Gasteiger partial charge in [-0.25, -0.2) is 4.98 Å². The molecule has 0 radical (unpaired) electrons. The highest BCUT2D eigenvalue weighted by molar-refractivity contribution is 5.80. The predicted octanol–water partition coefficient (Wildman–Crippen LogP) is 2.47. The van der Waals surface area contributed by atoms with E-state index in [9.17, 15) is 0 Å². The van der Waals surface area contributed by atoms with E-state index in [4.69, 9.17) is 4.42 Å². The van der Waals surface area contributed by atoms with Gasteiger partial charge in [-0.15, -0.1) is 0 Å². The van der Waals surface area contributed by atoms with Crippen LogP contribution < -0.4 is 5.32 Å². The first kappa shape index (κ1) is 18.2. The Balaban J connectivity index is 1.49. The lowest BCUT2D eigenvalue weighted by Gasteiger charge is -2.23. The third-order valence-corrected chi connectivity index (χ3v) is 5.20. The van der Waals surface area contributed by atoms with Gasteiger partial charge in [-0.3, -0.25) is 4.99 Å². The van der Waals surface area contributed by atoms with Crippen molar-refractivity contribution in [1.29, 1.82) is 0 Å². The lowest BCUT2D eigenvalue weighted by Crippen LogP contribution is -2.40. The molecular formula is C19H33N5O. The highest BCUT2D eigenvalue weighted by atomic mass is 16.4. The maximum Gasteiger partial charge on any atom is 0.213 e. The Hall–Kier alpha value is -1.56. The van der Waals surface area contributed by atoms with Crippen LogP contribution in [0, 0.1) is 5.92 Å². The molecule has 25 heavy (non-hydrogen) atoms. The molecule has 0 spiro atoms. The maximum atomic E-state index is 5.86. The summed E-state index contributed by atoms with van der Waals surface area (Å²) in [5.41, 5.74) is -0.00925. The number of hydrogen-bond donors (Lipinski definition) is 1. The lowest BCUT2D eigenvalue weighted by atomic mass is 9.94. The normalized spacial score (nSPS) is 22.8. The van der Waals surface area contributed by atoms with Gasteiger partial charge >= 0.3 is 0 Å². The minimum absolute atomic E-state index is 0.00925. The molecule has 0 saturated carbocycles. The summed E-state index contributed by atoms with van der Waals surface area (Å²) in [5, 5.41) is 3.41. The summed E-state index contributed by atoms with van der Waals surface area (Å²) >= 11 is 0. The standard InChI is InChI=1S/C19H33N5O/c1-19(2,3)16-11-21-17(25-16)12-22-18(20-4)24-10-7-15(14-24)13-23-8-5-6-9-23/h11,15H,5-10,12-14H2,1-4H3,(H,20,22). The Morgan fingerprint density at radius 3 is 2.72 bits per heavy atom. The Labute approximate surface area is 151 Å². The summed E-state index contributed by atoms with van der Waals surface area (Å²) in [6, 6.07) is 0. The first-order chi connectivity index (χ1) is 12.0. The van der Waals surface area contributed by atoms with E-state index in [1.165, 1.54) is 38.9 Å². The average Bonchev–Trinajstić information content (AvgIpc) is 3.29. The zero-order valence-corrected chi connectivity index (χ0v) is 16.2. The van der Waals surface area contributed by atoms with E-state index in [2.05, 4.69) is 45.9 Å². The number of aliphatic imine (C=N–C) groups is 1. The Kier molecular flexibility index (Phi) is 5.67. The fourth-order valence-electron chi connectivity index (χ4n) is 3.73. The zero-order chi connectivity index (χ0) is 17.9. The molecule has 2 fully saturated rings. The van der Waals surface area contributed by atoms with Gasteiger partial charge in [0.25, 0.3) is 0 Å². The second-order valence-electron chi connectivity index (χ2n) is 8.38. The first-order valence-corrected chi connectivity index (χ1v) is 9.59. The van der Waals surface area contributed by atoms with Gasteiger partial charge in [0.2, 0.25) is 5.89 Å². The molecule has 140 valence electrons. The molecule has 0 aromatic carbocycles. The number of guanidine groups is 1. The van der Waals surface area contributed by atoms with E-state index in [1.807, 2.05) is 13.2 Å². The van der Waals surface area contributed by atoms with E-state index < -0.39 is 0 Å². The Morgan fingerprint density at radius 2 is 2.08 bits per heavy atom. The number of nitrogens with zero attached hydrogens (tertiary/aromatic N) is 4. The quantitative estimate of drug-likeness (QED) is 0.670. The van der Waals surface area contributed by atoms with Crippen LogP contribution in [0.25, 0.3) is 0 Å². The average molecular weight is 348 g/mol. The van der Waals surface area contributed by atoms with Crippen LogP contribution in [0.3, 0.4) is 0 Å². The summed E-state index contributed by atoms with van der Waals surface area (Å²) in [5.74, 6) is 3.36.